The summed E-state index contributed by atoms with van der Waals surface area (Å²) in [5.74, 6) is 0.671. The first kappa shape index (κ1) is 24.9. The second-order valence-electron chi connectivity index (χ2n) is 8.17. The molecule has 2 N–H and O–H groups in total. The molecule has 0 aromatic heterocycles. The SMILES string of the molecule is CCOC(=O)C(CCc1ccccc1)N[C@@H](C)C(=O)N1CC(C2SCCS2)C[C@H]1C(=O)O. The van der Waals surface area contributed by atoms with Crippen molar-refractivity contribution in [2.75, 3.05) is 24.7 Å². The van der Waals surface area contributed by atoms with Crippen LogP contribution in [0.15, 0.2) is 30.3 Å². The molecule has 32 heavy (non-hydrogen) atoms. The predicted octanol–water partition coefficient (Wildman–Crippen LogP) is 2.64. The highest BCUT2D eigenvalue weighted by Crippen LogP contribution is 2.42. The Kier molecular flexibility index (Phi) is 9.31. The number of aryl methyl sites for hydroxylation is 1. The molecule has 4 atom stereocenters. The number of thioether (sulfide) groups is 2. The Hall–Kier alpha value is -1.71. The third-order valence-electron chi connectivity index (χ3n) is 5.89. The standard InChI is InChI=1S/C23H32N2O5S2/c1-3-30-22(29)18(10-9-16-7-5-4-6-8-16)24-15(2)20(26)25-14-17(13-19(25)21(27)28)23-31-11-12-32-23/h4-8,15,17-19,23-24H,3,9-14H2,1-2H3,(H,27,28)/t15-,17?,18?,19-/m0/s1. The molecule has 176 valence electrons. The van der Waals surface area contributed by atoms with Gasteiger partial charge in [0.25, 0.3) is 0 Å². The van der Waals surface area contributed by atoms with Gasteiger partial charge in [-0.05, 0) is 38.7 Å². The van der Waals surface area contributed by atoms with Crippen LogP contribution in [0, 0.1) is 5.92 Å². The fourth-order valence-corrected chi connectivity index (χ4v) is 7.42. The van der Waals surface area contributed by atoms with E-state index in [1.807, 2.05) is 53.9 Å². The lowest BCUT2D eigenvalue weighted by Gasteiger charge is -2.28. The van der Waals surface area contributed by atoms with Crippen LogP contribution in [0.2, 0.25) is 0 Å². The number of ether oxygens (including phenoxy) is 1. The van der Waals surface area contributed by atoms with Crippen molar-refractivity contribution in [2.24, 2.45) is 5.92 Å². The molecule has 2 unspecified atom stereocenters. The van der Waals surface area contributed by atoms with Gasteiger partial charge in [0.2, 0.25) is 5.91 Å². The van der Waals surface area contributed by atoms with Gasteiger partial charge in [-0.2, -0.15) is 0 Å². The van der Waals surface area contributed by atoms with Crippen molar-refractivity contribution in [1.82, 2.24) is 10.2 Å². The van der Waals surface area contributed by atoms with Gasteiger partial charge in [0, 0.05) is 24.0 Å². The maximum absolute atomic E-state index is 13.2. The molecule has 2 aliphatic heterocycles. The van der Waals surface area contributed by atoms with Crippen molar-refractivity contribution >= 4 is 41.4 Å². The van der Waals surface area contributed by atoms with Crippen LogP contribution in [0.4, 0.5) is 0 Å². The molecule has 0 bridgehead atoms. The average Bonchev–Trinajstić information content (AvgIpc) is 3.46. The number of benzene rings is 1. The van der Waals surface area contributed by atoms with Crippen molar-refractivity contribution in [2.45, 2.75) is 55.8 Å². The quantitative estimate of drug-likeness (QED) is 0.494. The van der Waals surface area contributed by atoms with Crippen LogP contribution in [-0.2, 0) is 25.5 Å². The Labute approximate surface area is 198 Å². The molecule has 3 rings (SSSR count). The van der Waals surface area contributed by atoms with Crippen LogP contribution < -0.4 is 5.32 Å². The Balaban J connectivity index is 1.65. The predicted molar refractivity (Wildman–Crippen MR) is 128 cm³/mol. The molecular formula is C23H32N2O5S2. The first-order chi connectivity index (χ1) is 15.4. The molecule has 1 amide bonds. The van der Waals surface area contributed by atoms with Crippen molar-refractivity contribution in [3.8, 4) is 0 Å². The number of aliphatic carboxylic acids is 1. The summed E-state index contributed by atoms with van der Waals surface area (Å²) in [6, 6.07) is 7.69. The summed E-state index contributed by atoms with van der Waals surface area (Å²) >= 11 is 3.71. The molecule has 1 aromatic carbocycles. The van der Waals surface area contributed by atoms with E-state index in [0.717, 1.165) is 17.1 Å². The number of likely N-dealkylation sites (tertiary alicyclic amines) is 1. The zero-order valence-electron chi connectivity index (χ0n) is 18.6. The van der Waals surface area contributed by atoms with E-state index >= 15 is 0 Å². The normalized spacial score (nSPS) is 23.1. The lowest BCUT2D eigenvalue weighted by atomic mass is 10.0. The minimum Gasteiger partial charge on any atom is -0.480 e. The fourth-order valence-electron chi connectivity index (χ4n) is 4.28. The largest absolute Gasteiger partial charge is 0.480 e. The van der Waals surface area contributed by atoms with Gasteiger partial charge in [-0.3, -0.25) is 14.9 Å². The first-order valence-electron chi connectivity index (χ1n) is 11.1. The van der Waals surface area contributed by atoms with E-state index in [1.54, 1.807) is 13.8 Å². The first-order valence-corrected chi connectivity index (χ1v) is 13.2. The number of carboxylic acid groups (broad SMARTS) is 1. The highest BCUT2D eigenvalue weighted by atomic mass is 32.2. The van der Waals surface area contributed by atoms with Gasteiger partial charge < -0.3 is 14.7 Å². The van der Waals surface area contributed by atoms with Gasteiger partial charge in [-0.1, -0.05) is 30.3 Å². The second-order valence-corrected chi connectivity index (χ2v) is 11.0. The average molecular weight is 481 g/mol. The van der Waals surface area contributed by atoms with E-state index in [0.29, 0.717) is 30.4 Å². The summed E-state index contributed by atoms with van der Waals surface area (Å²) < 4.78 is 5.56. The number of hydrogen-bond acceptors (Lipinski definition) is 7. The highest BCUT2D eigenvalue weighted by Gasteiger charge is 2.44. The van der Waals surface area contributed by atoms with Gasteiger partial charge >= 0.3 is 11.9 Å². The zero-order chi connectivity index (χ0) is 23.1. The molecular weight excluding hydrogens is 448 g/mol. The maximum atomic E-state index is 13.2. The highest BCUT2D eigenvalue weighted by molar-refractivity contribution is 8.20. The summed E-state index contributed by atoms with van der Waals surface area (Å²) in [7, 11) is 0. The van der Waals surface area contributed by atoms with E-state index in [4.69, 9.17) is 4.74 Å². The number of carbonyl (C=O) groups excluding carboxylic acids is 2. The van der Waals surface area contributed by atoms with Crippen molar-refractivity contribution in [3.63, 3.8) is 0 Å². The third-order valence-corrected chi connectivity index (χ3v) is 9.27. The topological polar surface area (TPSA) is 95.9 Å². The lowest BCUT2D eigenvalue weighted by Crippen LogP contribution is -2.53. The van der Waals surface area contributed by atoms with Gasteiger partial charge in [-0.15, -0.1) is 23.5 Å². The summed E-state index contributed by atoms with van der Waals surface area (Å²) in [4.78, 5) is 39.1. The zero-order valence-corrected chi connectivity index (χ0v) is 20.2. The van der Waals surface area contributed by atoms with Gasteiger partial charge in [0.1, 0.15) is 12.1 Å². The number of carboxylic acids is 1. The lowest BCUT2D eigenvalue weighted by molar-refractivity contribution is -0.150. The Morgan fingerprint density at radius 1 is 1.22 bits per heavy atom. The monoisotopic (exact) mass is 480 g/mol. The minimum atomic E-state index is -0.966. The molecule has 9 heteroatoms. The third kappa shape index (κ3) is 6.42. The maximum Gasteiger partial charge on any atom is 0.326 e. The van der Waals surface area contributed by atoms with Gasteiger partial charge in [0.15, 0.2) is 0 Å². The number of carbonyl (C=O) groups is 3. The number of amides is 1. The second kappa shape index (κ2) is 12.0. The van der Waals surface area contributed by atoms with Gasteiger partial charge in [-0.25, -0.2) is 4.79 Å². The number of hydrogen-bond donors (Lipinski definition) is 2. The van der Waals surface area contributed by atoms with E-state index in [9.17, 15) is 19.5 Å². The molecule has 7 nitrogen and oxygen atoms in total. The van der Waals surface area contributed by atoms with Gasteiger partial charge in [0.05, 0.1) is 17.2 Å². The Bertz CT molecular complexity index is 788. The van der Waals surface area contributed by atoms with Crippen LogP contribution in [0.5, 0.6) is 0 Å². The smallest absolute Gasteiger partial charge is 0.326 e. The van der Waals surface area contributed by atoms with E-state index in [-0.39, 0.29) is 18.4 Å². The number of rotatable bonds is 10. The van der Waals surface area contributed by atoms with E-state index < -0.39 is 30.1 Å². The van der Waals surface area contributed by atoms with E-state index in [1.165, 1.54) is 4.90 Å². The van der Waals surface area contributed by atoms with Crippen LogP contribution in [0.25, 0.3) is 0 Å². The Morgan fingerprint density at radius 2 is 1.91 bits per heavy atom. The molecule has 2 heterocycles. The molecule has 0 radical (unpaired) electrons. The minimum absolute atomic E-state index is 0.170. The molecule has 0 spiro atoms. The Morgan fingerprint density at radius 3 is 2.53 bits per heavy atom. The summed E-state index contributed by atoms with van der Waals surface area (Å²) in [6.07, 6.45) is 1.63. The summed E-state index contributed by atoms with van der Waals surface area (Å²) in [5, 5.41) is 12.8. The molecule has 1 aromatic rings. The van der Waals surface area contributed by atoms with Crippen LogP contribution >= 0.6 is 23.5 Å². The number of nitrogens with one attached hydrogen (secondary N) is 1. The molecule has 2 aliphatic rings. The van der Waals surface area contributed by atoms with Crippen LogP contribution in [0.3, 0.4) is 0 Å². The molecule has 0 aliphatic carbocycles. The summed E-state index contributed by atoms with van der Waals surface area (Å²) in [6.45, 7) is 4.15. The van der Waals surface area contributed by atoms with Crippen LogP contribution in [-0.4, -0.2) is 75.2 Å². The fraction of sp³-hybridized carbons (Fsp3) is 0.609. The van der Waals surface area contributed by atoms with E-state index in [2.05, 4.69) is 5.32 Å². The van der Waals surface area contributed by atoms with Crippen molar-refractivity contribution in [1.29, 1.82) is 0 Å². The van der Waals surface area contributed by atoms with Crippen LogP contribution in [0.1, 0.15) is 32.3 Å². The molecule has 2 fully saturated rings. The van der Waals surface area contributed by atoms with Crippen molar-refractivity contribution in [3.05, 3.63) is 35.9 Å². The molecule has 0 saturated carbocycles. The number of nitrogens with zero attached hydrogens (tertiary/aromatic N) is 1. The van der Waals surface area contributed by atoms with Crippen molar-refractivity contribution < 1.29 is 24.2 Å². The number of esters is 1. The molecule has 2 saturated heterocycles. The summed E-state index contributed by atoms with van der Waals surface area (Å²) in [5.41, 5.74) is 1.10.